The Morgan fingerprint density at radius 2 is 1.67 bits per heavy atom. The van der Waals surface area contributed by atoms with Crippen molar-refractivity contribution in [3.63, 3.8) is 0 Å². The van der Waals surface area contributed by atoms with E-state index in [0.29, 0.717) is 13.1 Å². The number of anilines is 1. The van der Waals surface area contributed by atoms with E-state index in [4.69, 9.17) is 0 Å². The molecule has 1 aliphatic rings. The number of halogens is 1. The maximum Gasteiger partial charge on any atom is 0.257 e. The van der Waals surface area contributed by atoms with Crippen molar-refractivity contribution in [1.82, 2.24) is 4.90 Å². The number of hydrogen-bond donors (Lipinski definition) is 0. The highest BCUT2D eigenvalue weighted by Crippen LogP contribution is 2.29. The molecule has 0 aliphatic carbocycles. The molecule has 27 heavy (non-hydrogen) atoms. The van der Waals surface area contributed by atoms with Crippen molar-refractivity contribution in [3.05, 3.63) is 78.1 Å². The van der Waals surface area contributed by atoms with Gasteiger partial charge in [-0.05, 0) is 30.5 Å². The molecule has 4 nitrogen and oxygen atoms in total. The third kappa shape index (κ3) is 2.95. The summed E-state index contributed by atoms with van der Waals surface area (Å²) < 4.78 is 14.0. The average Bonchev–Trinajstić information content (AvgIpc) is 2.70. The molecule has 1 atom stereocenters. The molecule has 3 aromatic rings. The molecule has 0 radical (unpaired) electrons. The summed E-state index contributed by atoms with van der Waals surface area (Å²) in [5.41, 5.74) is 0.832. The number of fused-ring (bicyclic) bond motifs is 1. The van der Waals surface area contributed by atoms with Crippen molar-refractivity contribution < 1.29 is 14.0 Å². The zero-order valence-electron chi connectivity index (χ0n) is 14.9. The lowest BCUT2D eigenvalue weighted by molar-refractivity contribution is -0.124. The van der Waals surface area contributed by atoms with Gasteiger partial charge in [0.15, 0.2) is 0 Å². The van der Waals surface area contributed by atoms with Gasteiger partial charge >= 0.3 is 0 Å². The van der Waals surface area contributed by atoms with Crippen LogP contribution in [0.15, 0.2) is 66.7 Å². The molecule has 2 amide bonds. The van der Waals surface area contributed by atoms with Crippen LogP contribution in [0.2, 0.25) is 0 Å². The molecule has 0 spiro atoms. The number of carbonyl (C=O) groups excluding carboxylic acids is 2. The largest absolute Gasteiger partial charge is 0.325 e. The Hall–Kier alpha value is -3.21. The van der Waals surface area contributed by atoms with E-state index in [9.17, 15) is 14.0 Å². The summed E-state index contributed by atoms with van der Waals surface area (Å²) in [6.07, 6.45) is 0. The first-order chi connectivity index (χ1) is 13.1. The summed E-state index contributed by atoms with van der Waals surface area (Å²) >= 11 is 0. The van der Waals surface area contributed by atoms with E-state index >= 15 is 0 Å². The van der Waals surface area contributed by atoms with Gasteiger partial charge in [0, 0.05) is 18.5 Å². The molecule has 0 N–H and O–H groups in total. The predicted octanol–water partition coefficient (Wildman–Crippen LogP) is 3.86. The highest BCUT2D eigenvalue weighted by molar-refractivity contribution is 6.08. The Labute approximate surface area is 156 Å². The Morgan fingerprint density at radius 3 is 2.48 bits per heavy atom. The second kappa shape index (κ2) is 6.83. The summed E-state index contributed by atoms with van der Waals surface area (Å²) in [6.45, 7) is 2.42. The zero-order chi connectivity index (χ0) is 19.0. The lowest BCUT2D eigenvalue weighted by Crippen LogP contribution is -2.58. The number of carbonyl (C=O) groups is 2. The summed E-state index contributed by atoms with van der Waals surface area (Å²) in [7, 11) is 0. The van der Waals surface area contributed by atoms with Gasteiger partial charge in [0.2, 0.25) is 5.91 Å². The van der Waals surface area contributed by atoms with Gasteiger partial charge in [-0.2, -0.15) is 0 Å². The second-order valence-electron chi connectivity index (χ2n) is 6.64. The molecule has 0 aromatic heterocycles. The molecule has 0 bridgehead atoms. The minimum absolute atomic E-state index is 0.00393. The molecule has 5 heteroatoms. The minimum atomic E-state index is -0.662. The molecular weight excluding hydrogens is 343 g/mol. The van der Waals surface area contributed by atoms with Crippen molar-refractivity contribution >= 4 is 28.3 Å². The van der Waals surface area contributed by atoms with E-state index in [0.717, 1.165) is 16.5 Å². The fraction of sp³-hybridized carbons (Fsp3) is 0.182. The molecule has 0 saturated carbocycles. The van der Waals surface area contributed by atoms with Crippen LogP contribution in [0.5, 0.6) is 0 Å². The van der Waals surface area contributed by atoms with Gasteiger partial charge in [0.25, 0.3) is 5.91 Å². The van der Waals surface area contributed by atoms with Gasteiger partial charge < -0.3 is 9.80 Å². The molecule has 3 aromatic carbocycles. The Balaban J connectivity index is 1.64. The zero-order valence-corrected chi connectivity index (χ0v) is 14.9. The van der Waals surface area contributed by atoms with Crippen LogP contribution < -0.4 is 4.90 Å². The number of nitrogens with zero attached hydrogens (tertiary/aromatic N) is 2. The third-order valence-electron chi connectivity index (χ3n) is 5.08. The van der Waals surface area contributed by atoms with Crippen LogP contribution in [0.1, 0.15) is 17.3 Å². The van der Waals surface area contributed by atoms with Crippen LogP contribution >= 0.6 is 0 Å². The van der Waals surface area contributed by atoms with E-state index in [2.05, 4.69) is 0 Å². The molecule has 1 fully saturated rings. The molecule has 136 valence electrons. The van der Waals surface area contributed by atoms with Gasteiger partial charge in [-0.3, -0.25) is 9.59 Å². The maximum absolute atomic E-state index is 14.0. The fourth-order valence-corrected chi connectivity index (χ4v) is 3.62. The lowest BCUT2D eigenvalue weighted by atomic mass is 10.0. The second-order valence-corrected chi connectivity index (χ2v) is 6.64. The smallest absolute Gasteiger partial charge is 0.257 e. The Bertz CT molecular complexity index is 1030. The number of rotatable bonds is 2. The lowest BCUT2D eigenvalue weighted by Gasteiger charge is -2.39. The first kappa shape index (κ1) is 17.2. The van der Waals surface area contributed by atoms with E-state index in [-0.39, 0.29) is 11.5 Å². The Morgan fingerprint density at radius 1 is 0.963 bits per heavy atom. The quantitative estimate of drug-likeness (QED) is 0.695. The van der Waals surface area contributed by atoms with Crippen LogP contribution in [-0.4, -0.2) is 35.8 Å². The first-order valence-corrected chi connectivity index (χ1v) is 8.92. The Kier molecular flexibility index (Phi) is 4.36. The highest BCUT2D eigenvalue weighted by Gasteiger charge is 2.36. The van der Waals surface area contributed by atoms with Crippen LogP contribution in [0.3, 0.4) is 0 Å². The normalized spacial score (nSPS) is 17.4. The van der Waals surface area contributed by atoms with E-state index < -0.39 is 17.8 Å². The minimum Gasteiger partial charge on any atom is -0.325 e. The van der Waals surface area contributed by atoms with E-state index in [1.54, 1.807) is 24.0 Å². The van der Waals surface area contributed by atoms with E-state index in [1.165, 1.54) is 17.0 Å². The summed E-state index contributed by atoms with van der Waals surface area (Å²) in [4.78, 5) is 29.0. The third-order valence-corrected chi connectivity index (χ3v) is 5.08. The van der Waals surface area contributed by atoms with Crippen LogP contribution in [0.25, 0.3) is 10.8 Å². The molecule has 1 heterocycles. The van der Waals surface area contributed by atoms with Gasteiger partial charge in [-0.1, -0.05) is 48.5 Å². The first-order valence-electron chi connectivity index (χ1n) is 8.92. The summed E-state index contributed by atoms with van der Waals surface area (Å²) in [5.74, 6) is -1.19. The van der Waals surface area contributed by atoms with Gasteiger partial charge in [-0.25, -0.2) is 4.39 Å². The molecule has 1 saturated heterocycles. The standard InChI is InChI=1S/C22H19FN2O2/c1-15-21(26)25(20-12-6-8-16-7-2-3-9-17(16)20)14-13-24(15)22(27)18-10-4-5-11-19(18)23/h2-12,15H,13-14H2,1H3. The van der Waals surface area contributed by atoms with Crippen molar-refractivity contribution in [3.8, 4) is 0 Å². The molecular formula is C22H19FN2O2. The monoisotopic (exact) mass is 362 g/mol. The van der Waals surface area contributed by atoms with Crippen molar-refractivity contribution in [2.24, 2.45) is 0 Å². The van der Waals surface area contributed by atoms with Crippen LogP contribution in [0.4, 0.5) is 10.1 Å². The summed E-state index contributed by atoms with van der Waals surface area (Å²) in [6, 6.07) is 18.9. The number of benzene rings is 3. The molecule has 1 unspecified atom stereocenters. The fourth-order valence-electron chi connectivity index (χ4n) is 3.62. The van der Waals surface area contributed by atoms with Crippen LogP contribution in [0, 0.1) is 5.82 Å². The highest BCUT2D eigenvalue weighted by atomic mass is 19.1. The van der Waals surface area contributed by atoms with Crippen LogP contribution in [-0.2, 0) is 4.79 Å². The van der Waals surface area contributed by atoms with Crippen molar-refractivity contribution in [1.29, 1.82) is 0 Å². The van der Waals surface area contributed by atoms with Gasteiger partial charge in [0.1, 0.15) is 11.9 Å². The number of amides is 2. The van der Waals surface area contributed by atoms with Gasteiger partial charge in [-0.15, -0.1) is 0 Å². The molecule has 4 rings (SSSR count). The van der Waals surface area contributed by atoms with Crippen molar-refractivity contribution in [2.45, 2.75) is 13.0 Å². The van der Waals surface area contributed by atoms with Crippen molar-refractivity contribution in [2.75, 3.05) is 18.0 Å². The van der Waals surface area contributed by atoms with Gasteiger partial charge in [0.05, 0.1) is 11.3 Å². The maximum atomic E-state index is 14.0. The molecule has 1 aliphatic heterocycles. The SMILES string of the molecule is CC1C(=O)N(c2cccc3ccccc23)CCN1C(=O)c1ccccc1F. The number of piperazine rings is 1. The predicted molar refractivity (Wildman–Crippen MR) is 103 cm³/mol. The van der Waals surface area contributed by atoms with E-state index in [1.807, 2.05) is 42.5 Å². The average molecular weight is 362 g/mol. The summed E-state index contributed by atoms with van der Waals surface area (Å²) in [5, 5.41) is 2.05. The number of hydrogen-bond acceptors (Lipinski definition) is 2. The topological polar surface area (TPSA) is 40.6 Å².